The highest BCUT2D eigenvalue weighted by molar-refractivity contribution is 7.09. The molecule has 0 saturated carbocycles. The number of thiazole rings is 1. The zero-order valence-electron chi connectivity index (χ0n) is 14.8. The molecule has 2 rings (SSSR count). The smallest absolute Gasteiger partial charge is 0.270 e. The third-order valence-corrected chi connectivity index (χ3v) is 4.89. The molecule has 0 fully saturated rings. The largest absolute Gasteiger partial charge is 0.384 e. The molecule has 134 valence electrons. The minimum Gasteiger partial charge on any atom is -0.384 e. The predicted octanol–water partition coefficient (Wildman–Crippen LogP) is 3.36. The van der Waals surface area contributed by atoms with Crippen molar-refractivity contribution in [1.82, 2.24) is 10.3 Å². The Hall–Kier alpha value is -2.48. The number of carbonyl (C=O) groups excluding carboxylic acids is 1. The first-order valence-electron chi connectivity index (χ1n) is 7.91. The molecule has 7 nitrogen and oxygen atoms in total. The van der Waals surface area contributed by atoms with Crippen molar-refractivity contribution in [3.05, 3.63) is 50.0 Å². The van der Waals surface area contributed by atoms with Crippen molar-refractivity contribution in [2.24, 2.45) is 0 Å². The standard InChI is InChI=1S/C17H22N4O3S/c1-17(2,3)16-20-11(10-25-16)7-8-19-14-6-5-12(21(23)24)9-13(14)15(22)18-4/h5-6,9-10,19H,7-8H2,1-4H3,(H,18,22). The molecule has 0 saturated heterocycles. The molecule has 1 aromatic carbocycles. The van der Waals surface area contributed by atoms with Crippen molar-refractivity contribution in [2.75, 3.05) is 18.9 Å². The van der Waals surface area contributed by atoms with Crippen LogP contribution in [0, 0.1) is 10.1 Å². The number of non-ortho nitro benzene ring substituents is 1. The Balaban J connectivity index is 2.08. The van der Waals surface area contributed by atoms with Crippen molar-refractivity contribution in [3.8, 4) is 0 Å². The first-order valence-corrected chi connectivity index (χ1v) is 8.79. The second-order valence-electron chi connectivity index (χ2n) is 6.64. The topological polar surface area (TPSA) is 97.2 Å². The zero-order valence-corrected chi connectivity index (χ0v) is 15.6. The molecule has 1 aromatic heterocycles. The van der Waals surface area contributed by atoms with Crippen LogP contribution in [0.2, 0.25) is 0 Å². The molecule has 0 aliphatic rings. The average molecular weight is 362 g/mol. The van der Waals surface area contributed by atoms with Gasteiger partial charge in [0.15, 0.2) is 0 Å². The number of nitro benzene ring substituents is 1. The number of carbonyl (C=O) groups is 1. The molecule has 0 unspecified atom stereocenters. The molecule has 2 aromatic rings. The molecule has 2 N–H and O–H groups in total. The van der Waals surface area contributed by atoms with Gasteiger partial charge >= 0.3 is 0 Å². The van der Waals surface area contributed by atoms with Crippen LogP contribution in [0.5, 0.6) is 0 Å². The number of nitrogens with zero attached hydrogens (tertiary/aromatic N) is 2. The molecular weight excluding hydrogens is 340 g/mol. The first-order chi connectivity index (χ1) is 11.7. The van der Waals surface area contributed by atoms with Gasteiger partial charge < -0.3 is 10.6 Å². The maximum atomic E-state index is 12.0. The van der Waals surface area contributed by atoms with Crippen LogP contribution in [0.4, 0.5) is 11.4 Å². The second kappa shape index (κ2) is 7.60. The quantitative estimate of drug-likeness (QED) is 0.606. The minimum atomic E-state index is -0.514. The van der Waals surface area contributed by atoms with Gasteiger partial charge in [0.25, 0.3) is 11.6 Å². The van der Waals surface area contributed by atoms with Gasteiger partial charge in [-0.25, -0.2) is 4.98 Å². The van der Waals surface area contributed by atoms with Gasteiger partial charge in [-0.05, 0) is 6.07 Å². The van der Waals surface area contributed by atoms with Crippen molar-refractivity contribution in [2.45, 2.75) is 32.6 Å². The van der Waals surface area contributed by atoms with E-state index in [0.717, 1.165) is 10.7 Å². The Labute approximate surface area is 150 Å². The van der Waals surface area contributed by atoms with Gasteiger partial charge in [0, 0.05) is 48.6 Å². The van der Waals surface area contributed by atoms with Crippen LogP contribution < -0.4 is 10.6 Å². The van der Waals surface area contributed by atoms with E-state index in [-0.39, 0.29) is 22.6 Å². The Morgan fingerprint density at radius 3 is 2.64 bits per heavy atom. The third-order valence-electron chi connectivity index (χ3n) is 3.58. The van der Waals surface area contributed by atoms with E-state index in [2.05, 4.69) is 36.4 Å². The Bertz CT molecular complexity index is 780. The normalized spacial score (nSPS) is 11.2. The third kappa shape index (κ3) is 4.76. The van der Waals surface area contributed by atoms with Gasteiger partial charge in [-0.15, -0.1) is 11.3 Å². The maximum absolute atomic E-state index is 12.0. The fraction of sp³-hybridized carbons (Fsp3) is 0.412. The molecule has 0 radical (unpaired) electrons. The summed E-state index contributed by atoms with van der Waals surface area (Å²) in [4.78, 5) is 27.0. The van der Waals surface area contributed by atoms with Gasteiger partial charge in [-0.1, -0.05) is 20.8 Å². The number of aromatic nitrogens is 1. The zero-order chi connectivity index (χ0) is 18.6. The number of hydrogen-bond donors (Lipinski definition) is 2. The highest BCUT2D eigenvalue weighted by Gasteiger charge is 2.18. The number of rotatable bonds is 6. The van der Waals surface area contributed by atoms with Gasteiger partial charge in [0.2, 0.25) is 0 Å². The molecule has 8 heteroatoms. The van der Waals surface area contributed by atoms with Crippen LogP contribution in [0.15, 0.2) is 23.6 Å². The van der Waals surface area contributed by atoms with Gasteiger partial charge in [-0.3, -0.25) is 14.9 Å². The van der Waals surface area contributed by atoms with Crippen molar-refractivity contribution < 1.29 is 9.72 Å². The monoisotopic (exact) mass is 362 g/mol. The molecule has 25 heavy (non-hydrogen) atoms. The predicted molar refractivity (Wildman–Crippen MR) is 99.5 cm³/mol. The first kappa shape index (κ1) is 18.9. The molecule has 0 bridgehead atoms. The second-order valence-corrected chi connectivity index (χ2v) is 7.49. The summed E-state index contributed by atoms with van der Waals surface area (Å²) in [5, 5.41) is 19.7. The summed E-state index contributed by atoms with van der Waals surface area (Å²) in [6.07, 6.45) is 0.705. The van der Waals surface area contributed by atoms with Crippen LogP contribution in [0.25, 0.3) is 0 Å². The average Bonchev–Trinajstić information content (AvgIpc) is 3.03. The van der Waals surface area contributed by atoms with E-state index >= 15 is 0 Å². The fourth-order valence-electron chi connectivity index (χ4n) is 2.21. The maximum Gasteiger partial charge on any atom is 0.270 e. The van der Waals surface area contributed by atoms with E-state index in [0.29, 0.717) is 18.7 Å². The lowest BCUT2D eigenvalue weighted by atomic mass is 9.98. The van der Waals surface area contributed by atoms with E-state index < -0.39 is 4.92 Å². The summed E-state index contributed by atoms with van der Waals surface area (Å²) in [6.45, 7) is 6.95. The summed E-state index contributed by atoms with van der Waals surface area (Å²) in [5.74, 6) is -0.366. The minimum absolute atomic E-state index is 0.0289. The number of benzene rings is 1. The number of amides is 1. The molecule has 0 atom stereocenters. The van der Waals surface area contributed by atoms with Gasteiger partial charge in [0.1, 0.15) is 0 Å². The van der Waals surface area contributed by atoms with E-state index in [9.17, 15) is 14.9 Å². The summed E-state index contributed by atoms with van der Waals surface area (Å²) in [6, 6.07) is 4.22. The molecule has 1 amide bonds. The van der Waals surface area contributed by atoms with Crippen LogP contribution in [-0.4, -0.2) is 29.4 Å². The van der Waals surface area contributed by atoms with E-state index in [1.165, 1.54) is 19.2 Å². The molecule has 1 heterocycles. The van der Waals surface area contributed by atoms with Gasteiger partial charge in [0.05, 0.1) is 21.2 Å². The summed E-state index contributed by atoms with van der Waals surface area (Å²) >= 11 is 1.64. The van der Waals surface area contributed by atoms with Gasteiger partial charge in [-0.2, -0.15) is 0 Å². The number of hydrogen-bond acceptors (Lipinski definition) is 6. The van der Waals surface area contributed by atoms with E-state index in [1.54, 1.807) is 17.4 Å². The fourth-order valence-corrected chi connectivity index (χ4v) is 3.16. The highest BCUT2D eigenvalue weighted by Crippen LogP contribution is 2.26. The van der Waals surface area contributed by atoms with Crippen LogP contribution >= 0.6 is 11.3 Å². The van der Waals surface area contributed by atoms with Crippen LogP contribution in [0.3, 0.4) is 0 Å². The van der Waals surface area contributed by atoms with Crippen molar-refractivity contribution in [3.63, 3.8) is 0 Å². The van der Waals surface area contributed by atoms with Crippen LogP contribution in [0.1, 0.15) is 41.8 Å². The lowest BCUT2D eigenvalue weighted by Gasteiger charge is -2.13. The number of anilines is 1. The van der Waals surface area contributed by atoms with E-state index in [1.807, 2.05) is 5.38 Å². The molecule has 0 aliphatic carbocycles. The Morgan fingerprint density at radius 2 is 2.08 bits per heavy atom. The summed E-state index contributed by atoms with van der Waals surface area (Å²) in [7, 11) is 1.49. The van der Waals surface area contributed by atoms with E-state index in [4.69, 9.17) is 0 Å². The Morgan fingerprint density at radius 1 is 1.36 bits per heavy atom. The van der Waals surface area contributed by atoms with Crippen molar-refractivity contribution >= 4 is 28.6 Å². The number of nitrogens with one attached hydrogen (secondary N) is 2. The molecule has 0 spiro atoms. The molecular formula is C17H22N4O3S. The SMILES string of the molecule is CNC(=O)c1cc([N+](=O)[O-])ccc1NCCc1csc(C(C)(C)C)n1. The summed E-state index contributed by atoms with van der Waals surface area (Å²) < 4.78 is 0. The lowest BCUT2D eigenvalue weighted by molar-refractivity contribution is -0.384. The lowest BCUT2D eigenvalue weighted by Crippen LogP contribution is -2.20. The number of nitro groups is 1. The highest BCUT2D eigenvalue weighted by atomic mass is 32.1. The molecule has 0 aliphatic heterocycles. The Kier molecular flexibility index (Phi) is 5.73. The summed E-state index contributed by atoms with van der Waals surface area (Å²) in [5.41, 5.74) is 1.73. The van der Waals surface area contributed by atoms with Crippen molar-refractivity contribution in [1.29, 1.82) is 0 Å². The van der Waals surface area contributed by atoms with Crippen LogP contribution in [-0.2, 0) is 11.8 Å².